The Hall–Kier alpha value is -3.65. The molecule has 7 nitrogen and oxygen atoms in total. The van der Waals surface area contributed by atoms with E-state index in [0.717, 1.165) is 20.9 Å². The van der Waals surface area contributed by atoms with Crippen LogP contribution in [0.5, 0.6) is 11.5 Å². The van der Waals surface area contributed by atoms with E-state index >= 15 is 0 Å². The predicted octanol–water partition coefficient (Wildman–Crippen LogP) is 5.02. The molecule has 0 aliphatic carbocycles. The lowest BCUT2D eigenvalue weighted by Crippen LogP contribution is -2.20. The van der Waals surface area contributed by atoms with Crippen molar-refractivity contribution in [3.63, 3.8) is 0 Å². The number of carbonyl (C=O) groups excluding carboxylic acids is 1. The molecule has 0 aliphatic heterocycles. The number of anilines is 2. The Balaban J connectivity index is 1.55. The normalized spacial score (nSPS) is 10.6. The first kappa shape index (κ1) is 18.7. The zero-order chi connectivity index (χ0) is 20.2. The molecule has 0 spiro atoms. The maximum Gasteiger partial charge on any atom is 0.323 e. The molecule has 0 atom stereocenters. The van der Waals surface area contributed by atoms with Gasteiger partial charge in [0.2, 0.25) is 0 Å². The van der Waals surface area contributed by atoms with E-state index in [-0.39, 0.29) is 0 Å². The quantitative estimate of drug-likeness (QED) is 0.486. The number of hydrogen-bond acceptors (Lipinski definition) is 6. The molecule has 0 saturated heterocycles. The van der Waals surface area contributed by atoms with Crippen molar-refractivity contribution in [3.8, 4) is 22.1 Å². The Morgan fingerprint density at radius 2 is 1.72 bits per heavy atom. The van der Waals surface area contributed by atoms with Crippen LogP contribution < -0.4 is 20.1 Å². The van der Waals surface area contributed by atoms with Gasteiger partial charge in [0.15, 0.2) is 0 Å². The number of nitrogens with zero attached hydrogens (tertiary/aromatic N) is 2. The maximum atomic E-state index is 12.6. The number of nitrogens with one attached hydrogen (secondary N) is 2. The van der Waals surface area contributed by atoms with Crippen molar-refractivity contribution in [1.29, 1.82) is 0 Å². The zero-order valence-electron chi connectivity index (χ0n) is 15.8. The fraction of sp³-hybridized carbons (Fsp3) is 0.0952. The molecule has 4 rings (SSSR count). The average molecular weight is 406 g/mol. The SMILES string of the molecule is COc1cccc(OC)c1NC(=O)Nc1cccc(-c2nc3cccnc3s2)c1. The molecule has 2 heterocycles. The predicted molar refractivity (Wildman–Crippen MR) is 115 cm³/mol. The number of benzene rings is 2. The second-order valence-corrected chi connectivity index (χ2v) is 7.02. The molecule has 0 aliphatic rings. The van der Waals surface area contributed by atoms with Gasteiger partial charge in [0.25, 0.3) is 0 Å². The van der Waals surface area contributed by atoms with Gasteiger partial charge in [0.05, 0.1) is 14.2 Å². The highest BCUT2D eigenvalue weighted by Gasteiger charge is 2.14. The second kappa shape index (κ2) is 8.15. The third-order valence-corrected chi connectivity index (χ3v) is 5.23. The van der Waals surface area contributed by atoms with Gasteiger partial charge < -0.3 is 20.1 Å². The number of amides is 2. The number of ether oxygens (including phenoxy) is 2. The molecule has 0 bridgehead atoms. The summed E-state index contributed by atoms with van der Waals surface area (Å²) < 4.78 is 10.6. The summed E-state index contributed by atoms with van der Waals surface area (Å²) in [5, 5.41) is 6.47. The van der Waals surface area contributed by atoms with E-state index in [4.69, 9.17) is 9.47 Å². The molecule has 2 N–H and O–H groups in total. The number of urea groups is 1. The fourth-order valence-corrected chi connectivity index (χ4v) is 3.78. The highest BCUT2D eigenvalue weighted by Crippen LogP contribution is 2.34. The first-order chi connectivity index (χ1) is 14.2. The summed E-state index contributed by atoms with van der Waals surface area (Å²) in [6.07, 6.45) is 1.75. The van der Waals surface area contributed by atoms with E-state index in [0.29, 0.717) is 22.9 Å². The number of hydrogen-bond donors (Lipinski definition) is 2. The van der Waals surface area contributed by atoms with Gasteiger partial charge in [0.1, 0.15) is 32.5 Å². The largest absolute Gasteiger partial charge is 0.494 e. The number of fused-ring (bicyclic) bond motifs is 1. The van der Waals surface area contributed by atoms with Crippen LogP contribution in [-0.4, -0.2) is 30.2 Å². The molecule has 2 amide bonds. The van der Waals surface area contributed by atoms with Gasteiger partial charge >= 0.3 is 6.03 Å². The number of carbonyl (C=O) groups is 1. The molecule has 0 fully saturated rings. The number of pyridine rings is 1. The van der Waals surface area contributed by atoms with Crippen molar-refractivity contribution < 1.29 is 14.3 Å². The van der Waals surface area contributed by atoms with Gasteiger partial charge in [-0.2, -0.15) is 0 Å². The van der Waals surface area contributed by atoms with Crippen molar-refractivity contribution in [2.24, 2.45) is 0 Å². The van der Waals surface area contributed by atoms with Crippen LogP contribution in [0.4, 0.5) is 16.2 Å². The van der Waals surface area contributed by atoms with Gasteiger partial charge in [-0.1, -0.05) is 29.5 Å². The molecule has 0 saturated carbocycles. The van der Waals surface area contributed by atoms with Gasteiger partial charge in [0, 0.05) is 17.4 Å². The minimum Gasteiger partial charge on any atom is -0.494 e. The lowest BCUT2D eigenvalue weighted by Gasteiger charge is -2.14. The monoisotopic (exact) mass is 406 g/mol. The molecule has 146 valence electrons. The van der Waals surface area contributed by atoms with E-state index in [2.05, 4.69) is 20.6 Å². The van der Waals surface area contributed by atoms with E-state index in [1.165, 1.54) is 25.6 Å². The van der Waals surface area contributed by atoms with Gasteiger partial charge in [-0.3, -0.25) is 0 Å². The number of para-hydroxylation sites is 1. The fourth-order valence-electron chi connectivity index (χ4n) is 2.87. The summed E-state index contributed by atoms with van der Waals surface area (Å²) in [5.74, 6) is 1.02. The maximum absolute atomic E-state index is 12.6. The Labute approximate surface area is 171 Å². The van der Waals surface area contributed by atoms with Gasteiger partial charge in [-0.05, 0) is 36.4 Å². The minimum atomic E-state index is -0.407. The Morgan fingerprint density at radius 3 is 2.45 bits per heavy atom. The lowest BCUT2D eigenvalue weighted by molar-refractivity contribution is 0.262. The van der Waals surface area contributed by atoms with E-state index in [1.54, 1.807) is 24.4 Å². The topological polar surface area (TPSA) is 85.4 Å². The molecule has 2 aromatic carbocycles. The van der Waals surface area contributed by atoms with Crippen molar-refractivity contribution >= 4 is 39.1 Å². The van der Waals surface area contributed by atoms with Crippen LogP contribution in [0.3, 0.4) is 0 Å². The highest BCUT2D eigenvalue weighted by atomic mass is 32.1. The molecule has 29 heavy (non-hydrogen) atoms. The Bertz CT molecular complexity index is 1120. The first-order valence-electron chi connectivity index (χ1n) is 8.79. The van der Waals surface area contributed by atoms with Crippen molar-refractivity contribution in [2.45, 2.75) is 0 Å². The summed E-state index contributed by atoms with van der Waals surface area (Å²) in [4.78, 5) is 22.4. The van der Waals surface area contributed by atoms with Crippen LogP contribution in [0.25, 0.3) is 20.9 Å². The van der Waals surface area contributed by atoms with E-state index < -0.39 is 6.03 Å². The van der Waals surface area contributed by atoms with Crippen LogP contribution >= 0.6 is 11.3 Å². The second-order valence-electron chi connectivity index (χ2n) is 6.04. The van der Waals surface area contributed by atoms with Crippen molar-refractivity contribution in [1.82, 2.24) is 9.97 Å². The summed E-state index contributed by atoms with van der Waals surface area (Å²) in [6, 6.07) is 16.2. The van der Waals surface area contributed by atoms with Crippen LogP contribution in [-0.2, 0) is 0 Å². The third-order valence-electron chi connectivity index (χ3n) is 4.20. The van der Waals surface area contributed by atoms with Crippen molar-refractivity contribution in [3.05, 3.63) is 60.8 Å². The molecule has 8 heteroatoms. The van der Waals surface area contributed by atoms with Gasteiger partial charge in [-0.15, -0.1) is 0 Å². The highest BCUT2D eigenvalue weighted by molar-refractivity contribution is 7.21. The van der Waals surface area contributed by atoms with E-state index in [9.17, 15) is 4.79 Å². The number of thiazole rings is 1. The molecule has 2 aromatic heterocycles. The number of rotatable bonds is 5. The van der Waals surface area contributed by atoms with Crippen LogP contribution in [0, 0.1) is 0 Å². The average Bonchev–Trinajstić information content (AvgIpc) is 3.18. The van der Waals surface area contributed by atoms with Crippen LogP contribution in [0.2, 0.25) is 0 Å². The van der Waals surface area contributed by atoms with Gasteiger partial charge in [-0.25, -0.2) is 14.8 Å². The molecule has 0 unspecified atom stereocenters. The smallest absolute Gasteiger partial charge is 0.323 e. The lowest BCUT2D eigenvalue weighted by atomic mass is 10.2. The minimum absolute atomic E-state index is 0.407. The summed E-state index contributed by atoms with van der Waals surface area (Å²) >= 11 is 1.51. The summed E-state index contributed by atoms with van der Waals surface area (Å²) in [7, 11) is 3.07. The molecular weight excluding hydrogens is 388 g/mol. The summed E-state index contributed by atoms with van der Waals surface area (Å²) in [5.41, 5.74) is 2.86. The zero-order valence-corrected chi connectivity index (χ0v) is 16.6. The number of aromatic nitrogens is 2. The third kappa shape index (κ3) is 3.97. The van der Waals surface area contributed by atoms with Crippen LogP contribution in [0.15, 0.2) is 60.8 Å². The van der Waals surface area contributed by atoms with Crippen LogP contribution in [0.1, 0.15) is 0 Å². The molecule has 0 radical (unpaired) electrons. The molecule has 4 aromatic rings. The van der Waals surface area contributed by atoms with E-state index in [1.807, 2.05) is 36.4 Å². The first-order valence-corrected chi connectivity index (χ1v) is 9.60. The molecular formula is C21H18N4O3S. The summed E-state index contributed by atoms with van der Waals surface area (Å²) in [6.45, 7) is 0. The van der Waals surface area contributed by atoms with Crippen molar-refractivity contribution in [2.75, 3.05) is 24.9 Å². The standard InChI is InChI=1S/C21H18N4O3S/c1-27-16-9-4-10-17(28-2)18(16)25-21(26)23-14-7-3-6-13(12-14)19-24-15-8-5-11-22-20(15)29-19/h3-12H,1-2H3,(H2,23,25,26). The number of methoxy groups -OCH3 is 2. The Kier molecular flexibility index (Phi) is 5.26. The Morgan fingerprint density at radius 1 is 0.966 bits per heavy atom.